The van der Waals surface area contributed by atoms with E-state index in [9.17, 15) is 13.2 Å². The van der Waals surface area contributed by atoms with Crippen molar-refractivity contribution in [3.63, 3.8) is 0 Å². The van der Waals surface area contributed by atoms with Crippen LogP contribution in [0.2, 0.25) is 0 Å². The molecule has 1 saturated carbocycles. The Kier molecular flexibility index (Phi) is 6.06. The zero-order valence-corrected chi connectivity index (χ0v) is 16.7. The first-order valence-electron chi connectivity index (χ1n) is 9.96. The molecule has 0 radical (unpaired) electrons. The van der Waals surface area contributed by atoms with Gasteiger partial charge in [-0.2, -0.15) is 0 Å². The molecule has 1 aromatic rings. The first-order chi connectivity index (χ1) is 12.4. The summed E-state index contributed by atoms with van der Waals surface area (Å²) < 4.78 is 23.3. The molecular formula is C21H31NO3S. The van der Waals surface area contributed by atoms with Crippen LogP contribution < -0.4 is 5.32 Å². The van der Waals surface area contributed by atoms with Crippen LogP contribution in [0.5, 0.6) is 0 Å². The molecule has 1 aliphatic heterocycles. The Labute approximate surface area is 157 Å². The number of nitrogens with one attached hydrogen (secondary N) is 1. The normalized spacial score (nSPS) is 24.5. The standard InChI is InChI=1S/C21H31NO3S/c1-15(2)20(22-21(23)19-12-13-26(24,25)14-19)18-10-8-17(9-11-18)16-6-4-3-5-7-16/h8-11,15-16,19-20H,3-7,12-14H2,1-2H3,(H,22,23)/t19-,20+/m0/s1. The lowest BCUT2D eigenvalue weighted by atomic mass is 9.83. The molecule has 2 atom stereocenters. The fourth-order valence-corrected chi connectivity index (χ4v) is 6.06. The predicted molar refractivity (Wildman–Crippen MR) is 105 cm³/mol. The summed E-state index contributed by atoms with van der Waals surface area (Å²) in [6, 6.07) is 8.63. The van der Waals surface area contributed by atoms with Crippen molar-refractivity contribution in [1.29, 1.82) is 0 Å². The number of hydrogen-bond donors (Lipinski definition) is 1. The van der Waals surface area contributed by atoms with Gasteiger partial charge < -0.3 is 5.32 Å². The van der Waals surface area contributed by atoms with Crippen molar-refractivity contribution in [3.05, 3.63) is 35.4 Å². The monoisotopic (exact) mass is 377 g/mol. The second kappa shape index (κ2) is 8.12. The zero-order valence-electron chi connectivity index (χ0n) is 15.9. The second-order valence-electron chi connectivity index (χ2n) is 8.33. The third-order valence-electron chi connectivity index (χ3n) is 5.94. The Balaban J connectivity index is 1.68. The van der Waals surface area contributed by atoms with Crippen molar-refractivity contribution >= 4 is 15.7 Å². The summed E-state index contributed by atoms with van der Waals surface area (Å²) in [7, 11) is -3.04. The maximum atomic E-state index is 12.6. The molecule has 1 heterocycles. The van der Waals surface area contributed by atoms with E-state index in [0.717, 1.165) is 5.56 Å². The summed E-state index contributed by atoms with van der Waals surface area (Å²) in [5.41, 5.74) is 2.51. The molecule has 2 fully saturated rings. The number of benzene rings is 1. The van der Waals surface area contributed by atoms with Gasteiger partial charge in [0.05, 0.1) is 23.5 Å². The fraction of sp³-hybridized carbons (Fsp3) is 0.667. The largest absolute Gasteiger partial charge is 0.349 e. The SMILES string of the molecule is CC(C)[C@@H](NC(=O)[C@H]1CCS(=O)(=O)C1)c1ccc(C2CCCCC2)cc1. The van der Waals surface area contributed by atoms with E-state index < -0.39 is 15.8 Å². The molecule has 1 aliphatic carbocycles. The Morgan fingerprint density at radius 3 is 2.23 bits per heavy atom. The van der Waals surface area contributed by atoms with Gasteiger partial charge in [-0.15, -0.1) is 0 Å². The lowest BCUT2D eigenvalue weighted by molar-refractivity contribution is -0.125. The lowest BCUT2D eigenvalue weighted by Crippen LogP contribution is -2.36. The molecule has 0 spiro atoms. The molecule has 0 unspecified atom stereocenters. The summed E-state index contributed by atoms with van der Waals surface area (Å²) in [6.45, 7) is 4.18. The van der Waals surface area contributed by atoms with Crippen LogP contribution in [0.25, 0.3) is 0 Å². The maximum absolute atomic E-state index is 12.6. The predicted octanol–water partition coefficient (Wildman–Crippen LogP) is 3.98. The van der Waals surface area contributed by atoms with Crippen LogP contribution in [-0.2, 0) is 14.6 Å². The van der Waals surface area contributed by atoms with Crippen LogP contribution in [0.3, 0.4) is 0 Å². The molecule has 5 heteroatoms. The van der Waals surface area contributed by atoms with Crippen LogP contribution in [0, 0.1) is 11.8 Å². The zero-order chi connectivity index (χ0) is 18.7. The minimum Gasteiger partial charge on any atom is -0.349 e. The molecule has 2 aliphatic rings. The van der Waals surface area contributed by atoms with Gasteiger partial charge in [0.1, 0.15) is 0 Å². The third kappa shape index (κ3) is 4.67. The van der Waals surface area contributed by atoms with E-state index in [2.05, 4.69) is 43.4 Å². The molecular weight excluding hydrogens is 346 g/mol. The van der Waals surface area contributed by atoms with E-state index in [1.807, 2.05) is 0 Å². The van der Waals surface area contributed by atoms with Gasteiger partial charge in [0, 0.05) is 0 Å². The molecule has 1 aromatic carbocycles. The Morgan fingerprint density at radius 2 is 1.69 bits per heavy atom. The molecule has 26 heavy (non-hydrogen) atoms. The first-order valence-corrected chi connectivity index (χ1v) is 11.8. The van der Waals surface area contributed by atoms with Gasteiger partial charge >= 0.3 is 0 Å². The van der Waals surface area contributed by atoms with E-state index in [1.165, 1.54) is 37.7 Å². The second-order valence-corrected chi connectivity index (χ2v) is 10.6. The van der Waals surface area contributed by atoms with E-state index in [4.69, 9.17) is 0 Å². The fourth-order valence-electron chi connectivity index (χ4n) is 4.32. The van der Waals surface area contributed by atoms with Crippen LogP contribution in [-0.4, -0.2) is 25.8 Å². The highest BCUT2D eigenvalue weighted by atomic mass is 32.2. The Bertz CT molecular complexity index is 718. The van der Waals surface area contributed by atoms with E-state index in [-0.39, 0.29) is 29.4 Å². The van der Waals surface area contributed by atoms with E-state index in [1.54, 1.807) is 0 Å². The number of hydrogen-bond acceptors (Lipinski definition) is 3. The van der Waals surface area contributed by atoms with E-state index >= 15 is 0 Å². The van der Waals surface area contributed by atoms with Crippen molar-refractivity contribution < 1.29 is 13.2 Å². The Morgan fingerprint density at radius 1 is 1.04 bits per heavy atom. The molecule has 0 bridgehead atoms. The number of sulfone groups is 1. The van der Waals surface area contributed by atoms with Crippen LogP contribution >= 0.6 is 0 Å². The summed E-state index contributed by atoms with van der Waals surface area (Å²) in [6.07, 6.45) is 7.00. The third-order valence-corrected chi connectivity index (χ3v) is 7.71. The van der Waals surface area contributed by atoms with E-state index in [0.29, 0.717) is 12.3 Å². The summed E-state index contributed by atoms with van der Waals surface area (Å²) >= 11 is 0. The van der Waals surface area contributed by atoms with Gasteiger partial charge in [0.2, 0.25) is 5.91 Å². The topological polar surface area (TPSA) is 63.2 Å². The molecule has 144 valence electrons. The average molecular weight is 378 g/mol. The minimum absolute atomic E-state index is 0.00966. The number of rotatable bonds is 5. The van der Waals surface area contributed by atoms with Crippen molar-refractivity contribution in [2.24, 2.45) is 11.8 Å². The molecule has 1 saturated heterocycles. The van der Waals surface area contributed by atoms with Gasteiger partial charge in [0.25, 0.3) is 0 Å². The number of carbonyl (C=O) groups is 1. The van der Waals surface area contributed by atoms with Crippen LogP contribution in [0.1, 0.15) is 75.5 Å². The summed E-state index contributed by atoms with van der Waals surface area (Å²) in [5, 5.41) is 3.11. The molecule has 0 aromatic heterocycles. The van der Waals surface area contributed by atoms with Gasteiger partial charge in [-0.3, -0.25) is 4.79 Å². The van der Waals surface area contributed by atoms with Crippen LogP contribution in [0.15, 0.2) is 24.3 Å². The minimum atomic E-state index is -3.04. The smallest absolute Gasteiger partial charge is 0.224 e. The number of carbonyl (C=O) groups excluding carboxylic acids is 1. The lowest BCUT2D eigenvalue weighted by Gasteiger charge is -2.26. The van der Waals surface area contributed by atoms with Crippen molar-refractivity contribution in [3.8, 4) is 0 Å². The summed E-state index contributed by atoms with van der Waals surface area (Å²) in [4.78, 5) is 12.6. The highest BCUT2D eigenvalue weighted by Gasteiger charge is 2.34. The molecule has 1 N–H and O–H groups in total. The maximum Gasteiger partial charge on any atom is 0.224 e. The molecule has 4 nitrogen and oxygen atoms in total. The first kappa shape index (κ1) is 19.4. The van der Waals surface area contributed by atoms with Gasteiger partial charge in [0.15, 0.2) is 9.84 Å². The highest BCUT2D eigenvalue weighted by Crippen LogP contribution is 2.33. The average Bonchev–Trinajstić information content (AvgIpc) is 3.00. The molecule has 3 rings (SSSR count). The van der Waals surface area contributed by atoms with Crippen molar-refractivity contribution in [2.45, 2.75) is 64.3 Å². The van der Waals surface area contributed by atoms with Crippen molar-refractivity contribution in [2.75, 3.05) is 11.5 Å². The summed E-state index contributed by atoms with van der Waals surface area (Å²) in [5.74, 6) is 0.521. The van der Waals surface area contributed by atoms with Gasteiger partial charge in [-0.1, -0.05) is 57.4 Å². The van der Waals surface area contributed by atoms with Crippen LogP contribution in [0.4, 0.5) is 0 Å². The van der Waals surface area contributed by atoms with Gasteiger partial charge in [-0.25, -0.2) is 8.42 Å². The molecule has 1 amide bonds. The quantitative estimate of drug-likeness (QED) is 0.844. The highest BCUT2D eigenvalue weighted by molar-refractivity contribution is 7.91. The van der Waals surface area contributed by atoms with Gasteiger partial charge in [-0.05, 0) is 42.2 Å². The Hall–Kier alpha value is -1.36. The number of amides is 1. The van der Waals surface area contributed by atoms with Crippen molar-refractivity contribution in [1.82, 2.24) is 5.32 Å².